The summed E-state index contributed by atoms with van der Waals surface area (Å²) in [7, 11) is 0. The Balaban J connectivity index is 1.83. The van der Waals surface area contributed by atoms with Gasteiger partial charge >= 0.3 is 0 Å². The quantitative estimate of drug-likeness (QED) is 0.633. The molecule has 1 amide bonds. The Morgan fingerprint density at radius 1 is 1.21 bits per heavy atom. The number of pyridine rings is 1. The summed E-state index contributed by atoms with van der Waals surface area (Å²) in [5.41, 5.74) is 3.29. The van der Waals surface area contributed by atoms with Gasteiger partial charge in [0.25, 0.3) is 5.91 Å². The predicted octanol–water partition coefficient (Wildman–Crippen LogP) is 5.27. The van der Waals surface area contributed by atoms with Crippen LogP contribution in [0.3, 0.4) is 0 Å². The fourth-order valence-electron chi connectivity index (χ4n) is 3.21. The van der Waals surface area contributed by atoms with Gasteiger partial charge in [-0.25, -0.2) is 4.39 Å². The normalized spacial score (nSPS) is 14.3. The minimum absolute atomic E-state index is 0.0975. The lowest BCUT2D eigenvalue weighted by atomic mass is 10.1. The predicted molar refractivity (Wildman–Crippen MR) is 114 cm³/mol. The van der Waals surface area contributed by atoms with E-state index in [0.717, 1.165) is 22.8 Å². The number of aromatic nitrogens is 1. The molecule has 4 rings (SSSR count). The van der Waals surface area contributed by atoms with Crippen LogP contribution in [0.4, 0.5) is 15.8 Å². The standard InChI is InChI=1S/C21H19ClFN3OS/c1-13-2-4-15(11-18(13)22)25-20-16-10-14(23)3-5-19(16)24-12-17(20)21(27)26-6-8-28-9-7-26/h2-5,10-12H,6-9H2,1H3,(H,24,25). The third-order valence-electron chi connectivity index (χ3n) is 4.80. The highest BCUT2D eigenvalue weighted by Crippen LogP contribution is 2.32. The Hall–Kier alpha value is -2.31. The molecule has 4 nitrogen and oxygen atoms in total. The second-order valence-corrected chi connectivity index (χ2v) is 8.33. The van der Waals surface area contributed by atoms with Gasteiger partial charge in [-0.1, -0.05) is 17.7 Å². The molecule has 0 spiro atoms. The molecule has 0 saturated carbocycles. The van der Waals surface area contributed by atoms with E-state index in [9.17, 15) is 9.18 Å². The number of thioether (sulfide) groups is 1. The number of hydrogen-bond donors (Lipinski definition) is 1. The van der Waals surface area contributed by atoms with Crippen LogP contribution in [0.5, 0.6) is 0 Å². The SMILES string of the molecule is Cc1ccc(Nc2c(C(=O)N3CCSCC3)cnc3ccc(F)cc23)cc1Cl. The van der Waals surface area contributed by atoms with Crippen molar-refractivity contribution >= 4 is 51.5 Å². The van der Waals surface area contributed by atoms with Gasteiger partial charge in [0.1, 0.15) is 5.82 Å². The number of aryl methyl sites for hydroxylation is 1. The van der Waals surface area contributed by atoms with E-state index in [1.165, 1.54) is 12.1 Å². The zero-order chi connectivity index (χ0) is 19.7. The summed E-state index contributed by atoms with van der Waals surface area (Å²) in [6.45, 7) is 3.31. The molecule has 7 heteroatoms. The summed E-state index contributed by atoms with van der Waals surface area (Å²) in [6.07, 6.45) is 1.57. The van der Waals surface area contributed by atoms with E-state index in [0.29, 0.717) is 40.3 Å². The van der Waals surface area contributed by atoms with E-state index in [2.05, 4.69) is 10.3 Å². The van der Waals surface area contributed by atoms with E-state index in [-0.39, 0.29) is 11.7 Å². The summed E-state index contributed by atoms with van der Waals surface area (Å²) in [5.74, 6) is 1.35. The molecule has 1 aromatic heterocycles. The number of carbonyl (C=O) groups excluding carboxylic acids is 1. The topological polar surface area (TPSA) is 45.2 Å². The fourth-order valence-corrected chi connectivity index (χ4v) is 4.30. The maximum absolute atomic E-state index is 14.0. The molecule has 0 radical (unpaired) electrons. The smallest absolute Gasteiger partial charge is 0.257 e. The number of anilines is 2. The lowest BCUT2D eigenvalue weighted by Crippen LogP contribution is -2.38. The van der Waals surface area contributed by atoms with Gasteiger partial charge < -0.3 is 10.2 Å². The maximum atomic E-state index is 14.0. The van der Waals surface area contributed by atoms with Crippen molar-refractivity contribution in [3.63, 3.8) is 0 Å². The van der Waals surface area contributed by atoms with E-state index in [1.54, 1.807) is 18.3 Å². The Morgan fingerprint density at radius 2 is 2.00 bits per heavy atom. The first-order valence-corrected chi connectivity index (χ1v) is 10.5. The highest BCUT2D eigenvalue weighted by Gasteiger charge is 2.23. The van der Waals surface area contributed by atoms with E-state index in [1.807, 2.05) is 35.7 Å². The highest BCUT2D eigenvalue weighted by atomic mass is 35.5. The van der Waals surface area contributed by atoms with Gasteiger partial charge in [0.2, 0.25) is 0 Å². The number of nitrogens with zero attached hydrogens (tertiary/aromatic N) is 2. The van der Waals surface area contributed by atoms with Crippen molar-refractivity contribution in [1.29, 1.82) is 0 Å². The van der Waals surface area contributed by atoms with Gasteiger partial charge in [-0.3, -0.25) is 9.78 Å². The van der Waals surface area contributed by atoms with Crippen LogP contribution in [0.15, 0.2) is 42.6 Å². The molecule has 1 aliphatic heterocycles. The van der Waals surface area contributed by atoms with Crippen LogP contribution in [0, 0.1) is 12.7 Å². The maximum Gasteiger partial charge on any atom is 0.257 e. The fraction of sp³-hybridized carbons (Fsp3) is 0.238. The number of benzene rings is 2. The minimum Gasteiger partial charge on any atom is -0.354 e. The van der Waals surface area contributed by atoms with Gasteiger partial charge in [-0.2, -0.15) is 11.8 Å². The Labute approximate surface area is 172 Å². The lowest BCUT2D eigenvalue weighted by Gasteiger charge is -2.27. The molecule has 0 atom stereocenters. The summed E-state index contributed by atoms with van der Waals surface area (Å²) in [5, 5.41) is 4.47. The largest absolute Gasteiger partial charge is 0.354 e. The lowest BCUT2D eigenvalue weighted by molar-refractivity contribution is 0.0773. The number of fused-ring (bicyclic) bond motifs is 1. The van der Waals surface area contributed by atoms with Crippen LogP contribution in [0.1, 0.15) is 15.9 Å². The number of rotatable bonds is 3. The second-order valence-electron chi connectivity index (χ2n) is 6.70. The van der Waals surface area contributed by atoms with Gasteiger partial charge in [-0.15, -0.1) is 0 Å². The number of carbonyl (C=O) groups is 1. The zero-order valence-corrected chi connectivity index (χ0v) is 16.9. The zero-order valence-electron chi connectivity index (χ0n) is 15.3. The first-order chi connectivity index (χ1) is 13.5. The van der Waals surface area contributed by atoms with Crippen molar-refractivity contribution in [2.75, 3.05) is 29.9 Å². The molecule has 28 heavy (non-hydrogen) atoms. The summed E-state index contributed by atoms with van der Waals surface area (Å²) >= 11 is 8.09. The van der Waals surface area contributed by atoms with Gasteiger partial charge in [0, 0.05) is 46.9 Å². The summed E-state index contributed by atoms with van der Waals surface area (Å²) in [6, 6.07) is 9.98. The molecule has 144 valence electrons. The summed E-state index contributed by atoms with van der Waals surface area (Å²) < 4.78 is 14.0. The van der Waals surface area contributed by atoms with Crippen molar-refractivity contribution in [2.24, 2.45) is 0 Å². The Morgan fingerprint density at radius 3 is 2.75 bits per heavy atom. The average molecular weight is 416 g/mol. The van der Waals surface area contributed by atoms with Crippen molar-refractivity contribution in [3.05, 3.63) is 64.6 Å². The van der Waals surface area contributed by atoms with Crippen LogP contribution in [0.2, 0.25) is 5.02 Å². The van der Waals surface area contributed by atoms with Gasteiger partial charge in [0.15, 0.2) is 0 Å². The van der Waals surface area contributed by atoms with E-state index in [4.69, 9.17) is 11.6 Å². The van der Waals surface area contributed by atoms with E-state index < -0.39 is 0 Å². The average Bonchev–Trinajstić information content (AvgIpc) is 2.71. The van der Waals surface area contributed by atoms with Crippen LogP contribution in [-0.2, 0) is 0 Å². The van der Waals surface area contributed by atoms with Crippen molar-refractivity contribution in [2.45, 2.75) is 6.92 Å². The molecule has 3 aromatic rings. The van der Waals surface area contributed by atoms with Crippen LogP contribution >= 0.6 is 23.4 Å². The molecule has 1 fully saturated rings. The number of halogens is 2. The van der Waals surface area contributed by atoms with E-state index >= 15 is 0 Å². The van der Waals surface area contributed by atoms with Crippen LogP contribution in [-0.4, -0.2) is 40.4 Å². The molecule has 0 unspecified atom stereocenters. The van der Waals surface area contributed by atoms with Crippen LogP contribution < -0.4 is 5.32 Å². The molecule has 1 saturated heterocycles. The number of amides is 1. The van der Waals surface area contributed by atoms with Crippen molar-refractivity contribution in [1.82, 2.24) is 9.88 Å². The minimum atomic E-state index is -0.377. The molecular formula is C21H19ClFN3OS. The van der Waals surface area contributed by atoms with Crippen LogP contribution in [0.25, 0.3) is 10.9 Å². The number of hydrogen-bond acceptors (Lipinski definition) is 4. The first kappa shape index (κ1) is 19.0. The summed E-state index contributed by atoms with van der Waals surface area (Å²) in [4.78, 5) is 19.4. The monoisotopic (exact) mass is 415 g/mol. The molecule has 0 aliphatic carbocycles. The molecule has 0 bridgehead atoms. The Kier molecular flexibility index (Phi) is 5.42. The molecule has 2 aromatic carbocycles. The molecular weight excluding hydrogens is 397 g/mol. The second kappa shape index (κ2) is 7.97. The van der Waals surface area contributed by atoms with Gasteiger partial charge in [-0.05, 0) is 42.8 Å². The molecule has 1 N–H and O–H groups in total. The third kappa shape index (κ3) is 3.80. The molecule has 2 heterocycles. The van der Waals surface area contributed by atoms with Crippen molar-refractivity contribution in [3.8, 4) is 0 Å². The van der Waals surface area contributed by atoms with Crippen molar-refractivity contribution < 1.29 is 9.18 Å². The molecule has 1 aliphatic rings. The highest BCUT2D eigenvalue weighted by molar-refractivity contribution is 7.99. The van der Waals surface area contributed by atoms with Gasteiger partial charge in [0.05, 0.1) is 16.8 Å². The third-order valence-corrected chi connectivity index (χ3v) is 6.15. The first-order valence-electron chi connectivity index (χ1n) is 9.01. The number of nitrogens with one attached hydrogen (secondary N) is 1. The Bertz CT molecular complexity index is 1050.